The molecule has 1 atom stereocenters. The zero-order valence-corrected chi connectivity index (χ0v) is 18.7. The van der Waals surface area contributed by atoms with Gasteiger partial charge in [0.2, 0.25) is 11.8 Å². The van der Waals surface area contributed by atoms with Crippen LogP contribution in [0.5, 0.6) is 0 Å². The number of carbonyl (C=O) groups is 4. The molecule has 4 rings (SSSR count). The van der Waals surface area contributed by atoms with E-state index >= 15 is 0 Å². The molecule has 2 aliphatic rings. The molecule has 9 heteroatoms. The molecule has 8 nitrogen and oxygen atoms in total. The van der Waals surface area contributed by atoms with E-state index in [1.54, 1.807) is 48.2 Å². The second kappa shape index (κ2) is 7.81. The molecule has 5 amide bonds. The van der Waals surface area contributed by atoms with E-state index in [1.165, 1.54) is 6.92 Å². The Labute approximate surface area is 187 Å². The van der Waals surface area contributed by atoms with Crippen molar-refractivity contribution < 1.29 is 19.2 Å². The molecule has 0 aromatic heterocycles. The Balaban J connectivity index is 1.45. The largest absolute Gasteiger partial charge is 0.325 e. The number of halogens is 1. The Morgan fingerprint density at radius 3 is 2.55 bits per heavy atom. The number of nitrogens with one attached hydrogen (secondary N) is 2. The minimum absolute atomic E-state index is 0.0251. The first-order chi connectivity index (χ1) is 14.7. The van der Waals surface area contributed by atoms with Crippen LogP contribution in [0, 0.1) is 0 Å². The average molecular weight is 485 g/mol. The van der Waals surface area contributed by atoms with Gasteiger partial charge in [-0.1, -0.05) is 28.1 Å². The van der Waals surface area contributed by atoms with E-state index in [-0.39, 0.29) is 5.91 Å². The topological polar surface area (TPSA) is 98.8 Å². The summed E-state index contributed by atoms with van der Waals surface area (Å²) in [4.78, 5) is 52.3. The predicted octanol–water partition coefficient (Wildman–Crippen LogP) is 2.76. The molecule has 2 N–H and O–H groups in total. The lowest BCUT2D eigenvalue weighted by Crippen LogP contribution is -2.42. The molecular weight excluding hydrogens is 464 g/mol. The van der Waals surface area contributed by atoms with Crippen molar-refractivity contribution >= 4 is 51.1 Å². The molecule has 0 radical (unpaired) electrons. The Kier molecular flexibility index (Phi) is 5.30. The van der Waals surface area contributed by atoms with Crippen LogP contribution in [0.2, 0.25) is 0 Å². The highest BCUT2D eigenvalue weighted by Gasteiger charge is 2.49. The number of amides is 5. The molecule has 1 saturated heterocycles. The summed E-state index contributed by atoms with van der Waals surface area (Å²) in [5, 5.41) is 5.43. The first kappa shape index (κ1) is 21.0. The SMILES string of the molecule is CC(=O)N1CCc2cc(NC(=O)CN3C(=O)N[C@@](C)(c4ccc(Br)cc4)C3=O)ccc21. The first-order valence-corrected chi connectivity index (χ1v) is 10.6. The summed E-state index contributed by atoms with van der Waals surface area (Å²) in [5.41, 5.74) is 1.75. The fourth-order valence-electron chi connectivity index (χ4n) is 3.97. The number of hydrogen-bond donors (Lipinski definition) is 2. The number of benzene rings is 2. The van der Waals surface area contributed by atoms with Crippen LogP contribution in [-0.2, 0) is 26.3 Å². The van der Waals surface area contributed by atoms with Crippen molar-refractivity contribution in [1.82, 2.24) is 10.2 Å². The lowest BCUT2D eigenvalue weighted by atomic mass is 9.92. The highest BCUT2D eigenvalue weighted by Crippen LogP contribution is 2.31. The number of hydrogen-bond acceptors (Lipinski definition) is 4. The van der Waals surface area contributed by atoms with Gasteiger partial charge in [0.05, 0.1) is 0 Å². The maximum absolute atomic E-state index is 13.0. The Bertz CT molecular complexity index is 1100. The van der Waals surface area contributed by atoms with Crippen molar-refractivity contribution in [2.45, 2.75) is 25.8 Å². The standard InChI is InChI=1S/C22H21BrN4O4/c1-13(28)26-10-9-14-11-17(7-8-18(14)26)24-19(29)12-27-20(30)22(2,25-21(27)31)15-3-5-16(23)6-4-15/h3-8,11H,9-10,12H2,1-2H3,(H,24,29)(H,25,31)/t22-/m0/s1. The number of imide groups is 1. The van der Waals surface area contributed by atoms with Gasteiger partial charge >= 0.3 is 6.03 Å². The highest BCUT2D eigenvalue weighted by molar-refractivity contribution is 9.10. The number of rotatable bonds is 4. The molecule has 1 fully saturated rings. The number of nitrogens with zero attached hydrogens (tertiary/aromatic N) is 2. The molecular formula is C22H21BrN4O4. The van der Waals surface area contributed by atoms with Crippen LogP contribution in [-0.4, -0.2) is 41.7 Å². The van der Waals surface area contributed by atoms with Crippen molar-refractivity contribution in [2.24, 2.45) is 0 Å². The minimum atomic E-state index is -1.23. The molecule has 2 aliphatic heterocycles. The Hall–Kier alpha value is -3.20. The molecule has 160 valence electrons. The molecule has 31 heavy (non-hydrogen) atoms. The minimum Gasteiger partial charge on any atom is -0.325 e. The molecule has 2 aromatic rings. The van der Waals surface area contributed by atoms with Crippen LogP contribution in [0.25, 0.3) is 0 Å². The summed E-state index contributed by atoms with van der Waals surface area (Å²) in [6.45, 7) is 3.35. The third-order valence-corrected chi connectivity index (χ3v) is 6.17. The lowest BCUT2D eigenvalue weighted by molar-refractivity contribution is -0.133. The molecule has 0 saturated carbocycles. The fraction of sp³-hybridized carbons (Fsp3) is 0.273. The average Bonchev–Trinajstić information content (AvgIpc) is 3.23. The van der Waals surface area contributed by atoms with Gasteiger partial charge in [-0.05, 0) is 54.8 Å². The van der Waals surface area contributed by atoms with Crippen LogP contribution >= 0.6 is 15.9 Å². The van der Waals surface area contributed by atoms with Gasteiger partial charge in [0, 0.05) is 29.3 Å². The predicted molar refractivity (Wildman–Crippen MR) is 119 cm³/mol. The molecule has 0 bridgehead atoms. The van der Waals surface area contributed by atoms with Crippen LogP contribution < -0.4 is 15.5 Å². The van der Waals surface area contributed by atoms with Crippen LogP contribution in [0.3, 0.4) is 0 Å². The van der Waals surface area contributed by atoms with E-state index in [9.17, 15) is 19.2 Å². The van der Waals surface area contributed by atoms with E-state index in [4.69, 9.17) is 0 Å². The summed E-state index contributed by atoms with van der Waals surface area (Å²) in [5.74, 6) is -0.992. The van der Waals surface area contributed by atoms with Crippen LogP contribution in [0.15, 0.2) is 46.9 Å². The maximum atomic E-state index is 13.0. The molecule has 2 aromatic carbocycles. The Morgan fingerprint density at radius 2 is 1.87 bits per heavy atom. The molecule has 0 spiro atoms. The summed E-state index contributed by atoms with van der Waals surface area (Å²) in [6, 6.07) is 11.8. The van der Waals surface area contributed by atoms with Crippen LogP contribution in [0.1, 0.15) is 25.0 Å². The van der Waals surface area contributed by atoms with Gasteiger partial charge in [-0.25, -0.2) is 4.79 Å². The van der Waals surface area contributed by atoms with Gasteiger partial charge in [0.1, 0.15) is 12.1 Å². The third-order valence-electron chi connectivity index (χ3n) is 5.64. The fourth-order valence-corrected chi connectivity index (χ4v) is 4.23. The number of carbonyl (C=O) groups excluding carboxylic acids is 4. The van der Waals surface area contributed by atoms with E-state index in [1.807, 2.05) is 6.07 Å². The van der Waals surface area contributed by atoms with Gasteiger partial charge < -0.3 is 15.5 Å². The smallest absolute Gasteiger partial charge is 0.325 e. The van der Waals surface area contributed by atoms with Gasteiger partial charge in [-0.3, -0.25) is 19.3 Å². The number of fused-ring (bicyclic) bond motifs is 1. The summed E-state index contributed by atoms with van der Waals surface area (Å²) < 4.78 is 0.855. The van der Waals surface area contributed by atoms with Crippen molar-refractivity contribution in [2.75, 3.05) is 23.3 Å². The third kappa shape index (κ3) is 3.81. The van der Waals surface area contributed by atoms with E-state index in [0.29, 0.717) is 24.2 Å². The monoisotopic (exact) mass is 484 g/mol. The zero-order valence-electron chi connectivity index (χ0n) is 17.1. The quantitative estimate of drug-likeness (QED) is 0.651. The van der Waals surface area contributed by atoms with E-state index in [0.717, 1.165) is 20.6 Å². The maximum Gasteiger partial charge on any atom is 0.325 e. The lowest BCUT2D eigenvalue weighted by Gasteiger charge is -2.22. The summed E-state index contributed by atoms with van der Waals surface area (Å²) >= 11 is 3.35. The van der Waals surface area contributed by atoms with Gasteiger partial charge in [0.25, 0.3) is 5.91 Å². The number of anilines is 2. The first-order valence-electron chi connectivity index (χ1n) is 9.80. The highest BCUT2D eigenvalue weighted by atomic mass is 79.9. The number of urea groups is 1. The Morgan fingerprint density at radius 1 is 1.16 bits per heavy atom. The van der Waals surface area contributed by atoms with Crippen molar-refractivity contribution in [3.8, 4) is 0 Å². The van der Waals surface area contributed by atoms with Gasteiger partial charge in [-0.2, -0.15) is 0 Å². The molecule has 0 unspecified atom stereocenters. The van der Waals surface area contributed by atoms with Crippen molar-refractivity contribution in [3.63, 3.8) is 0 Å². The van der Waals surface area contributed by atoms with Crippen molar-refractivity contribution in [3.05, 3.63) is 58.1 Å². The second-order valence-corrected chi connectivity index (χ2v) is 8.68. The van der Waals surface area contributed by atoms with Gasteiger partial charge in [0.15, 0.2) is 0 Å². The van der Waals surface area contributed by atoms with Crippen LogP contribution in [0.4, 0.5) is 16.2 Å². The van der Waals surface area contributed by atoms with E-state index < -0.39 is 29.9 Å². The van der Waals surface area contributed by atoms with Crippen molar-refractivity contribution in [1.29, 1.82) is 0 Å². The molecule has 2 heterocycles. The van der Waals surface area contributed by atoms with Gasteiger partial charge in [-0.15, -0.1) is 0 Å². The second-order valence-electron chi connectivity index (χ2n) is 7.77. The zero-order chi connectivity index (χ0) is 22.3. The normalized spacial score (nSPS) is 20.0. The summed E-state index contributed by atoms with van der Waals surface area (Å²) in [7, 11) is 0. The summed E-state index contributed by atoms with van der Waals surface area (Å²) in [6.07, 6.45) is 0.706. The molecule has 0 aliphatic carbocycles. The van der Waals surface area contributed by atoms with E-state index in [2.05, 4.69) is 26.6 Å².